The van der Waals surface area contributed by atoms with Crippen LogP contribution in [0, 0.1) is 0 Å². The molecule has 0 fully saturated rings. The number of benzene rings is 7. The third kappa shape index (κ3) is 4.37. The number of rotatable bonds is 4. The Morgan fingerprint density at radius 1 is 0.472 bits per heavy atom. The summed E-state index contributed by atoms with van der Waals surface area (Å²) >= 11 is 0. The summed E-state index contributed by atoms with van der Waals surface area (Å²) < 4.78 is 16.9. The van der Waals surface area contributed by atoms with Gasteiger partial charge in [-0.15, -0.1) is 0 Å². The van der Waals surface area contributed by atoms with Crippen molar-refractivity contribution in [2.45, 2.75) is 64.2 Å². The quantitative estimate of drug-likeness (QED) is 0.178. The molecule has 0 saturated carbocycles. The number of aryl methyl sites for hydroxylation is 1. The smallest absolute Gasteiger partial charge is 0.0726 e. The minimum Gasteiger partial charge on any atom is -0.310 e. The Balaban J connectivity index is 1.24. The van der Waals surface area contributed by atoms with Crippen LogP contribution in [0.5, 0.6) is 0 Å². The first-order chi connectivity index (χ1) is 26.3. The monoisotopic (exact) mass is 685 g/mol. The number of anilines is 3. The van der Waals surface area contributed by atoms with E-state index in [-0.39, 0.29) is 10.8 Å². The Kier molecular flexibility index (Phi) is 6.30. The van der Waals surface area contributed by atoms with Crippen molar-refractivity contribution in [3.05, 3.63) is 196 Å². The van der Waals surface area contributed by atoms with Crippen LogP contribution >= 0.6 is 0 Å². The van der Waals surface area contributed by atoms with Crippen molar-refractivity contribution in [1.82, 2.24) is 0 Å². The van der Waals surface area contributed by atoms with E-state index in [0.717, 1.165) is 17.1 Å². The molecule has 0 bridgehead atoms. The van der Waals surface area contributed by atoms with Crippen LogP contribution in [0.2, 0.25) is 0 Å². The van der Waals surface area contributed by atoms with Crippen LogP contribution in [-0.4, -0.2) is 0 Å². The lowest BCUT2D eigenvalue weighted by Crippen LogP contribution is -2.27. The molecule has 53 heavy (non-hydrogen) atoms. The minimum absolute atomic E-state index is 0.00800. The summed E-state index contributed by atoms with van der Waals surface area (Å²) in [5, 5.41) is 0. The summed E-state index contributed by atoms with van der Waals surface area (Å²) in [7, 11) is 0. The highest BCUT2D eigenvalue weighted by Gasteiger charge is 2.52. The predicted molar refractivity (Wildman–Crippen MR) is 223 cm³/mol. The molecule has 7 aromatic carbocycles. The summed E-state index contributed by atoms with van der Waals surface area (Å²) in [4.78, 5) is 2.37. The molecule has 0 heterocycles. The molecule has 0 aromatic heterocycles. The molecule has 0 amide bonds. The van der Waals surface area contributed by atoms with Crippen LogP contribution in [0.3, 0.4) is 0 Å². The number of nitrogens with zero attached hydrogens (tertiary/aromatic N) is 1. The van der Waals surface area contributed by atoms with Crippen LogP contribution < -0.4 is 4.90 Å². The standard InChI is InChI=1S/C52H45N/c1-7-33-20-23-35(24-21-33)53(36-25-28-41-38-14-8-11-17-44(38)51(5,6)47(41)31-36)37-26-29-43-40-16-10-13-19-46(40)52(49(43)32-37)45-18-12-9-15-39(45)42-27-22-34(30-48(42)52)50(2,3)4/h8-32H,7H2,1-6H3/i7D2. The second-order valence-electron chi connectivity index (χ2n) is 16.6. The Hall–Kier alpha value is -5.66. The predicted octanol–water partition coefficient (Wildman–Crippen LogP) is 13.7. The number of fused-ring (bicyclic) bond motifs is 13. The van der Waals surface area contributed by atoms with E-state index in [1.807, 2.05) is 12.1 Å². The first kappa shape index (κ1) is 29.9. The van der Waals surface area contributed by atoms with Gasteiger partial charge < -0.3 is 4.90 Å². The summed E-state index contributed by atoms with van der Waals surface area (Å²) in [6.07, 6.45) is -1.44. The van der Waals surface area contributed by atoms with Crippen LogP contribution in [0.1, 0.15) is 88.8 Å². The van der Waals surface area contributed by atoms with Crippen molar-refractivity contribution in [3.63, 3.8) is 0 Å². The molecule has 258 valence electrons. The maximum absolute atomic E-state index is 8.44. The SMILES string of the molecule is [2H]C([2H])(C)c1ccc(N(c2ccc3c(c2)C(C)(C)c2ccccc2-3)c2ccc3c(c2)C2(c4ccccc4-3)c3ccccc3-c3ccc(C(C)(C)C)cc32)cc1. The first-order valence-electron chi connectivity index (χ1n) is 19.9. The minimum atomic E-state index is -1.44. The Morgan fingerprint density at radius 3 is 1.47 bits per heavy atom. The molecular formula is C52H45N. The molecule has 1 heteroatoms. The highest BCUT2D eigenvalue weighted by molar-refractivity contribution is 5.96. The van der Waals surface area contributed by atoms with E-state index in [1.54, 1.807) is 6.92 Å². The van der Waals surface area contributed by atoms with E-state index in [4.69, 9.17) is 2.74 Å². The van der Waals surface area contributed by atoms with Crippen LogP contribution in [-0.2, 0) is 22.6 Å². The van der Waals surface area contributed by atoms with Crippen molar-refractivity contribution < 1.29 is 2.74 Å². The van der Waals surface area contributed by atoms with Gasteiger partial charge in [0.05, 0.1) is 5.41 Å². The fraction of sp³-hybridized carbons (Fsp3) is 0.192. The molecule has 0 saturated heterocycles. The van der Waals surface area contributed by atoms with E-state index in [0.29, 0.717) is 5.56 Å². The van der Waals surface area contributed by atoms with Crippen molar-refractivity contribution in [2.75, 3.05) is 4.90 Å². The zero-order chi connectivity index (χ0) is 38.1. The van der Waals surface area contributed by atoms with E-state index >= 15 is 0 Å². The summed E-state index contributed by atoms with van der Waals surface area (Å²) in [5.74, 6) is 0. The number of hydrogen-bond donors (Lipinski definition) is 0. The average Bonchev–Trinajstić information content (AvgIpc) is 3.73. The van der Waals surface area contributed by atoms with Gasteiger partial charge >= 0.3 is 0 Å². The molecule has 3 aliphatic carbocycles. The van der Waals surface area contributed by atoms with Crippen LogP contribution in [0.4, 0.5) is 17.1 Å². The van der Waals surface area contributed by atoms with Crippen molar-refractivity contribution in [3.8, 4) is 33.4 Å². The molecule has 1 spiro atoms. The van der Waals surface area contributed by atoms with E-state index in [1.165, 1.54) is 72.3 Å². The fourth-order valence-electron chi connectivity index (χ4n) is 9.79. The summed E-state index contributed by atoms with van der Waals surface area (Å²) in [5.41, 5.74) is 20.2. The van der Waals surface area contributed by atoms with E-state index in [9.17, 15) is 0 Å². The second-order valence-corrected chi connectivity index (χ2v) is 16.6. The molecule has 7 aromatic rings. The van der Waals surface area contributed by atoms with Gasteiger partial charge in [0.15, 0.2) is 0 Å². The fourth-order valence-corrected chi connectivity index (χ4v) is 9.79. The molecule has 0 aliphatic heterocycles. The second kappa shape index (κ2) is 11.2. The van der Waals surface area contributed by atoms with Gasteiger partial charge in [0.2, 0.25) is 0 Å². The van der Waals surface area contributed by atoms with Crippen molar-refractivity contribution >= 4 is 17.1 Å². The van der Waals surface area contributed by atoms with E-state index in [2.05, 4.69) is 179 Å². The highest BCUT2D eigenvalue weighted by Crippen LogP contribution is 2.64. The molecule has 1 nitrogen and oxygen atoms in total. The lowest BCUT2D eigenvalue weighted by Gasteiger charge is -2.33. The molecule has 10 rings (SSSR count). The third-order valence-electron chi connectivity index (χ3n) is 12.4. The van der Waals surface area contributed by atoms with Crippen LogP contribution in [0.15, 0.2) is 152 Å². The molecule has 1 unspecified atom stereocenters. The van der Waals surface area contributed by atoms with Gasteiger partial charge in [0.25, 0.3) is 0 Å². The molecule has 1 atom stereocenters. The molecule has 3 aliphatic rings. The van der Waals surface area contributed by atoms with Gasteiger partial charge in [-0.3, -0.25) is 0 Å². The zero-order valence-electron chi connectivity index (χ0n) is 33.4. The lowest BCUT2D eigenvalue weighted by atomic mass is 9.69. The first-order valence-corrected chi connectivity index (χ1v) is 18.9. The van der Waals surface area contributed by atoms with Gasteiger partial charge in [-0.2, -0.15) is 0 Å². The average molecular weight is 686 g/mol. The van der Waals surface area contributed by atoms with Gasteiger partial charge in [-0.1, -0.05) is 157 Å². The lowest BCUT2D eigenvalue weighted by molar-refractivity contribution is 0.588. The van der Waals surface area contributed by atoms with Gasteiger partial charge in [-0.05, 0) is 126 Å². The van der Waals surface area contributed by atoms with E-state index < -0.39 is 11.8 Å². The number of hydrogen-bond acceptors (Lipinski definition) is 1. The normalized spacial score (nSPS) is 17.6. The van der Waals surface area contributed by atoms with Gasteiger partial charge in [0, 0.05) is 25.2 Å². The Labute approximate surface area is 317 Å². The van der Waals surface area contributed by atoms with Gasteiger partial charge in [0.1, 0.15) is 0 Å². The largest absolute Gasteiger partial charge is 0.310 e. The molecular weight excluding hydrogens is 639 g/mol. The topological polar surface area (TPSA) is 3.24 Å². The Morgan fingerprint density at radius 2 is 0.906 bits per heavy atom. The maximum Gasteiger partial charge on any atom is 0.0726 e. The third-order valence-corrected chi connectivity index (χ3v) is 12.4. The van der Waals surface area contributed by atoms with Gasteiger partial charge in [-0.25, -0.2) is 0 Å². The van der Waals surface area contributed by atoms with Crippen LogP contribution in [0.25, 0.3) is 33.4 Å². The summed E-state index contributed by atoms with van der Waals surface area (Å²) in [6.45, 7) is 13.2. The molecule has 0 radical (unpaired) electrons. The Bertz CT molecular complexity index is 2690. The molecule has 0 N–H and O–H groups in total. The van der Waals surface area contributed by atoms with Crippen molar-refractivity contribution in [1.29, 1.82) is 0 Å². The highest BCUT2D eigenvalue weighted by atomic mass is 15.1. The zero-order valence-corrected chi connectivity index (χ0v) is 31.4. The van der Waals surface area contributed by atoms with Crippen molar-refractivity contribution in [2.24, 2.45) is 0 Å². The maximum atomic E-state index is 8.44. The summed E-state index contributed by atoms with van der Waals surface area (Å²) in [6, 6.07) is 56.1.